The Bertz CT molecular complexity index is 599. The molecule has 0 fully saturated rings. The Balaban J connectivity index is 3.10. The smallest absolute Gasteiger partial charge is 0.257 e. The quantitative estimate of drug-likeness (QED) is 0.682. The lowest BCUT2D eigenvalue weighted by atomic mass is 9.98. The molecule has 3 heteroatoms. The third-order valence-corrected chi connectivity index (χ3v) is 3.03. The highest BCUT2D eigenvalue weighted by Crippen LogP contribution is 2.23. The zero-order chi connectivity index (χ0) is 11.2. The van der Waals surface area contributed by atoms with Gasteiger partial charge in [-0.3, -0.25) is 4.79 Å². The van der Waals surface area contributed by atoms with E-state index in [1.165, 1.54) is 5.56 Å². The summed E-state index contributed by atoms with van der Waals surface area (Å²) in [6, 6.07) is 3.84. The number of hydrogen-bond acceptors (Lipinski definition) is 1. The van der Waals surface area contributed by atoms with Crippen LogP contribution in [0.15, 0.2) is 16.9 Å². The van der Waals surface area contributed by atoms with E-state index in [1.807, 2.05) is 32.9 Å². The van der Waals surface area contributed by atoms with Crippen molar-refractivity contribution in [3.8, 4) is 0 Å². The maximum atomic E-state index is 11.7. The van der Waals surface area contributed by atoms with Crippen molar-refractivity contribution in [1.82, 2.24) is 4.98 Å². The number of halogens is 1. The number of H-pyrrole nitrogens is 1. The second kappa shape index (κ2) is 3.38. The highest BCUT2D eigenvalue weighted by molar-refractivity contribution is 6.30. The van der Waals surface area contributed by atoms with Crippen molar-refractivity contribution in [3.05, 3.63) is 44.3 Å². The molecule has 0 saturated heterocycles. The summed E-state index contributed by atoms with van der Waals surface area (Å²) < 4.78 is 0. The van der Waals surface area contributed by atoms with Crippen molar-refractivity contribution in [2.75, 3.05) is 0 Å². The lowest BCUT2D eigenvalue weighted by Gasteiger charge is -2.08. The predicted molar refractivity (Wildman–Crippen MR) is 63.8 cm³/mol. The normalized spacial score (nSPS) is 10.9. The fourth-order valence-electron chi connectivity index (χ4n) is 1.93. The average molecular weight is 222 g/mol. The van der Waals surface area contributed by atoms with Crippen LogP contribution in [0.5, 0.6) is 0 Å². The summed E-state index contributed by atoms with van der Waals surface area (Å²) >= 11 is 5.85. The van der Waals surface area contributed by atoms with Crippen molar-refractivity contribution in [2.24, 2.45) is 0 Å². The summed E-state index contributed by atoms with van der Waals surface area (Å²) in [4.78, 5) is 14.4. The van der Waals surface area contributed by atoms with Gasteiger partial charge in [-0.05, 0) is 48.9 Å². The summed E-state index contributed by atoms with van der Waals surface area (Å²) in [6.45, 7) is 5.99. The molecule has 1 N–H and O–H groups in total. The first-order valence-electron chi connectivity index (χ1n) is 4.80. The van der Waals surface area contributed by atoms with Crippen molar-refractivity contribution in [2.45, 2.75) is 20.8 Å². The lowest BCUT2D eigenvalue weighted by Crippen LogP contribution is -2.08. The maximum Gasteiger partial charge on any atom is 0.257 e. The van der Waals surface area contributed by atoms with Crippen molar-refractivity contribution >= 4 is 22.4 Å². The number of fused-ring (bicyclic) bond motifs is 1. The van der Waals surface area contributed by atoms with Gasteiger partial charge in [0, 0.05) is 0 Å². The van der Waals surface area contributed by atoms with Gasteiger partial charge in [-0.1, -0.05) is 17.7 Å². The molecule has 0 aliphatic rings. The van der Waals surface area contributed by atoms with E-state index in [4.69, 9.17) is 11.6 Å². The molecule has 0 bridgehead atoms. The number of hydrogen-bond donors (Lipinski definition) is 1. The molecule has 0 saturated carbocycles. The molecule has 0 atom stereocenters. The molecule has 1 heterocycles. The van der Waals surface area contributed by atoms with Gasteiger partial charge in [0.2, 0.25) is 0 Å². The van der Waals surface area contributed by atoms with Gasteiger partial charge < -0.3 is 4.98 Å². The average Bonchev–Trinajstić information content (AvgIpc) is 2.12. The Labute approximate surface area is 92.9 Å². The van der Waals surface area contributed by atoms with Crippen LogP contribution in [-0.4, -0.2) is 4.98 Å². The SMILES string of the molecule is Cc1cc(C)c2c(=O)[nH]c(Cl)cc2c1C. The van der Waals surface area contributed by atoms with Crippen LogP contribution < -0.4 is 5.56 Å². The number of benzene rings is 1. The van der Waals surface area contributed by atoms with Crippen LogP contribution in [0, 0.1) is 20.8 Å². The predicted octanol–water partition coefficient (Wildman–Crippen LogP) is 3.11. The standard InChI is InChI=1S/C12H12ClNO/c1-6-4-7(2)11-9(8(6)3)5-10(13)14-12(11)15/h4-5H,1-3H3,(H,14,15). The van der Waals surface area contributed by atoms with Crippen LogP contribution in [0.4, 0.5) is 0 Å². The highest BCUT2D eigenvalue weighted by atomic mass is 35.5. The van der Waals surface area contributed by atoms with Gasteiger partial charge >= 0.3 is 0 Å². The van der Waals surface area contributed by atoms with Gasteiger partial charge in [0.15, 0.2) is 0 Å². The van der Waals surface area contributed by atoms with E-state index < -0.39 is 0 Å². The van der Waals surface area contributed by atoms with Crippen LogP contribution in [0.1, 0.15) is 16.7 Å². The van der Waals surface area contributed by atoms with E-state index in [0.717, 1.165) is 21.9 Å². The molecule has 78 valence electrons. The Kier molecular flexibility index (Phi) is 2.31. The van der Waals surface area contributed by atoms with E-state index in [2.05, 4.69) is 4.98 Å². The number of nitrogens with one attached hydrogen (secondary N) is 1. The summed E-state index contributed by atoms with van der Waals surface area (Å²) in [5.41, 5.74) is 3.18. The van der Waals surface area contributed by atoms with Crippen molar-refractivity contribution in [3.63, 3.8) is 0 Å². The topological polar surface area (TPSA) is 32.9 Å². The van der Waals surface area contributed by atoms with Gasteiger partial charge in [0.1, 0.15) is 5.15 Å². The molecular formula is C12H12ClNO. The minimum Gasteiger partial charge on any atom is -0.312 e. The Morgan fingerprint density at radius 2 is 1.80 bits per heavy atom. The van der Waals surface area contributed by atoms with Crippen LogP contribution in [-0.2, 0) is 0 Å². The van der Waals surface area contributed by atoms with E-state index in [-0.39, 0.29) is 5.56 Å². The number of pyridine rings is 1. The number of aromatic nitrogens is 1. The third kappa shape index (κ3) is 1.55. The molecular weight excluding hydrogens is 210 g/mol. The first kappa shape index (κ1) is 10.2. The first-order chi connectivity index (χ1) is 7.00. The Hall–Kier alpha value is -1.28. The summed E-state index contributed by atoms with van der Waals surface area (Å²) in [5, 5.41) is 2.07. The maximum absolute atomic E-state index is 11.7. The van der Waals surface area contributed by atoms with Gasteiger partial charge in [0.25, 0.3) is 5.56 Å². The molecule has 2 rings (SSSR count). The van der Waals surface area contributed by atoms with Gasteiger partial charge in [-0.15, -0.1) is 0 Å². The minimum absolute atomic E-state index is 0.113. The van der Waals surface area contributed by atoms with Gasteiger partial charge in [-0.2, -0.15) is 0 Å². The molecule has 15 heavy (non-hydrogen) atoms. The second-order valence-electron chi connectivity index (χ2n) is 3.87. The van der Waals surface area contributed by atoms with Gasteiger partial charge in [0.05, 0.1) is 5.39 Å². The van der Waals surface area contributed by atoms with E-state index >= 15 is 0 Å². The molecule has 0 amide bonds. The second-order valence-corrected chi connectivity index (χ2v) is 4.28. The monoisotopic (exact) mass is 221 g/mol. The number of aromatic amines is 1. The van der Waals surface area contributed by atoms with Crippen molar-refractivity contribution in [1.29, 1.82) is 0 Å². The molecule has 0 unspecified atom stereocenters. The van der Waals surface area contributed by atoms with Crippen LogP contribution in [0.2, 0.25) is 5.15 Å². The fourth-order valence-corrected chi connectivity index (χ4v) is 2.13. The summed E-state index contributed by atoms with van der Waals surface area (Å²) in [5.74, 6) is 0. The Morgan fingerprint density at radius 3 is 2.47 bits per heavy atom. The number of rotatable bonds is 0. The van der Waals surface area contributed by atoms with E-state index in [9.17, 15) is 4.79 Å². The van der Waals surface area contributed by atoms with E-state index in [0.29, 0.717) is 5.15 Å². The van der Waals surface area contributed by atoms with Crippen LogP contribution in [0.3, 0.4) is 0 Å². The van der Waals surface area contributed by atoms with Crippen molar-refractivity contribution < 1.29 is 0 Å². The largest absolute Gasteiger partial charge is 0.312 e. The molecule has 0 spiro atoms. The molecule has 1 aromatic carbocycles. The van der Waals surface area contributed by atoms with Gasteiger partial charge in [-0.25, -0.2) is 0 Å². The molecule has 1 aromatic heterocycles. The first-order valence-corrected chi connectivity index (χ1v) is 5.18. The zero-order valence-electron chi connectivity index (χ0n) is 8.94. The van der Waals surface area contributed by atoms with Crippen LogP contribution in [0.25, 0.3) is 10.8 Å². The number of aryl methyl sites for hydroxylation is 3. The van der Waals surface area contributed by atoms with E-state index in [1.54, 1.807) is 0 Å². The fraction of sp³-hybridized carbons (Fsp3) is 0.250. The lowest BCUT2D eigenvalue weighted by molar-refractivity contribution is 1.25. The molecule has 0 aliphatic carbocycles. The highest BCUT2D eigenvalue weighted by Gasteiger charge is 2.08. The Morgan fingerprint density at radius 1 is 1.13 bits per heavy atom. The summed E-state index contributed by atoms with van der Waals surface area (Å²) in [7, 11) is 0. The molecule has 2 aromatic rings. The minimum atomic E-state index is -0.113. The third-order valence-electron chi connectivity index (χ3n) is 2.82. The van der Waals surface area contributed by atoms with Crippen LogP contribution >= 0.6 is 11.6 Å². The molecule has 0 radical (unpaired) electrons. The molecule has 0 aliphatic heterocycles. The molecule has 2 nitrogen and oxygen atoms in total. The summed E-state index contributed by atoms with van der Waals surface area (Å²) in [6.07, 6.45) is 0. The zero-order valence-corrected chi connectivity index (χ0v) is 9.70.